The molecule has 1 aliphatic carbocycles. The molecule has 3 heterocycles. The number of anilines is 2. The van der Waals surface area contributed by atoms with Crippen molar-refractivity contribution >= 4 is 39.1 Å². The summed E-state index contributed by atoms with van der Waals surface area (Å²) >= 11 is 0. The highest BCUT2D eigenvalue weighted by molar-refractivity contribution is 6.20. The molecule has 3 aromatic carbocycles. The predicted molar refractivity (Wildman–Crippen MR) is 147 cm³/mol. The number of benzene rings is 3. The van der Waals surface area contributed by atoms with Crippen LogP contribution in [0.1, 0.15) is 47.1 Å². The van der Waals surface area contributed by atoms with Crippen LogP contribution in [0.15, 0.2) is 48.7 Å². The number of rotatable bonds is 4. The van der Waals surface area contributed by atoms with Gasteiger partial charge in [0, 0.05) is 70.7 Å². The molecule has 2 N–H and O–H groups in total. The molecular formula is C30H29N5O2. The summed E-state index contributed by atoms with van der Waals surface area (Å²) in [4.78, 5) is 13.3. The van der Waals surface area contributed by atoms with Crippen LogP contribution in [0.25, 0.3) is 32.9 Å². The highest BCUT2D eigenvalue weighted by Crippen LogP contribution is 2.47. The molecule has 7 rings (SSSR count). The van der Waals surface area contributed by atoms with Crippen LogP contribution in [-0.2, 0) is 26.4 Å². The van der Waals surface area contributed by atoms with E-state index in [4.69, 9.17) is 9.84 Å². The molecule has 7 nitrogen and oxygen atoms in total. The van der Waals surface area contributed by atoms with Crippen LogP contribution in [-0.4, -0.2) is 27.4 Å². The first-order valence-corrected chi connectivity index (χ1v) is 12.8. The van der Waals surface area contributed by atoms with Gasteiger partial charge in [-0.05, 0) is 68.1 Å². The lowest BCUT2D eigenvalue weighted by Crippen LogP contribution is -2.15. The molecular weight excluding hydrogens is 462 g/mol. The Morgan fingerprint density at radius 1 is 1.05 bits per heavy atom. The van der Waals surface area contributed by atoms with Crippen molar-refractivity contribution in [3.8, 4) is 16.9 Å². The van der Waals surface area contributed by atoms with Crippen molar-refractivity contribution in [2.45, 2.75) is 39.3 Å². The maximum absolute atomic E-state index is 13.3. The Morgan fingerprint density at radius 3 is 2.70 bits per heavy atom. The summed E-state index contributed by atoms with van der Waals surface area (Å²) in [5.74, 6) is 0.826. The van der Waals surface area contributed by atoms with Gasteiger partial charge in [-0.25, -0.2) is 0 Å². The third-order valence-corrected chi connectivity index (χ3v) is 7.76. The fourth-order valence-corrected chi connectivity index (χ4v) is 6.34. The fourth-order valence-electron chi connectivity index (χ4n) is 6.34. The molecule has 7 heteroatoms. The van der Waals surface area contributed by atoms with E-state index in [-0.39, 0.29) is 11.9 Å². The lowest BCUT2D eigenvalue weighted by molar-refractivity contribution is 0.0966. The summed E-state index contributed by atoms with van der Waals surface area (Å²) in [6, 6.07) is 14.8. The zero-order valence-electron chi connectivity index (χ0n) is 21.5. The largest absolute Gasteiger partial charge is 0.497 e. The number of nitrogens with one attached hydrogen (secondary N) is 2. The molecule has 0 bridgehead atoms. The topological polar surface area (TPSA) is 73.1 Å². The van der Waals surface area contributed by atoms with E-state index in [0.717, 1.165) is 57.9 Å². The van der Waals surface area contributed by atoms with Crippen LogP contribution in [0.3, 0.4) is 0 Å². The molecule has 1 amide bonds. The van der Waals surface area contributed by atoms with Gasteiger partial charge < -0.3 is 19.9 Å². The van der Waals surface area contributed by atoms with Gasteiger partial charge in [0.1, 0.15) is 5.75 Å². The maximum Gasteiger partial charge on any atom is 0.252 e. The third-order valence-electron chi connectivity index (χ3n) is 7.76. The second-order valence-corrected chi connectivity index (χ2v) is 10.3. The van der Waals surface area contributed by atoms with Crippen molar-refractivity contribution < 1.29 is 9.53 Å². The van der Waals surface area contributed by atoms with Gasteiger partial charge in [0.2, 0.25) is 0 Å². The number of hydrogen-bond donors (Lipinski definition) is 2. The van der Waals surface area contributed by atoms with Gasteiger partial charge in [0.25, 0.3) is 5.91 Å². The average Bonchev–Trinajstić information content (AvgIpc) is 3.56. The van der Waals surface area contributed by atoms with Crippen LogP contribution in [0.2, 0.25) is 0 Å². The second kappa shape index (κ2) is 7.87. The number of carbonyl (C=O) groups is 1. The predicted octanol–water partition coefficient (Wildman–Crippen LogP) is 5.87. The summed E-state index contributed by atoms with van der Waals surface area (Å²) in [7, 11) is 3.63. The molecule has 186 valence electrons. The molecule has 0 fully saturated rings. The lowest BCUT2D eigenvalue weighted by Gasteiger charge is -2.22. The zero-order chi connectivity index (χ0) is 25.4. The Labute approximate surface area is 215 Å². The summed E-state index contributed by atoms with van der Waals surface area (Å²) in [6.07, 6.45) is 3.82. The SMILES string of the molecule is COc1cccc(Nc2ccc3c(c2)c2c4c(c5c(c2n3C(C)C)CCc2nn(C)cc2-5)C(=O)NC4)c1. The molecule has 0 saturated carbocycles. The number of methoxy groups -OCH3 is 1. The Hall–Kier alpha value is -4.26. The molecule has 37 heavy (non-hydrogen) atoms. The normalized spacial score (nSPS) is 14.1. The van der Waals surface area contributed by atoms with Gasteiger partial charge >= 0.3 is 0 Å². The van der Waals surface area contributed by atoms with Crippen molar-refractivity contribution in [3.63, 3.8) is 0 Å². The van der Waals surface area contributed by atoms with E-state index in [1.807, 2.05) is 36.0 Å². The summed E-state index contributed by atoms with van der Waals surface area (Å²) in [5.41, 5.74) is 10.8. The smallest absolute Gasteiger partial charge is 0.252 e. The molecule has 0 spiro atoms. The highest BCUT2D eigenvalue weighted by Gasteiger charge is 2.35. The summed E-state index contributed by atoms with van der Waals surface area (Å²) in [5, 5.41) is 13.7. The van der Waals surface area contributed by atoms with Crippen molar-refractivity contribution in [2.24, 2.45) is 7.05 Å². The molecule has 1 aliphatic heterocycles. The minimum Gasteiger partial charge on any atom is -0.497 e. The number of carbonyl (C=O) groups excluding carboxylic acids is 1. The maximum atomic E-state index is 13.3. The summed E-state index contributed by atoms with van der Waals surface area (Å²) < 4.78 is 9.74. The first-order chi connectivity index (χ1) is 17.9. The second-order valence-electron chi connectivity index (χ2n) is 10.3. The molecule has 0 saturated heterocycles. The number of hydrogen-bond acceptors (Lipinski definition) is 4. The number of aryl methyl sites for hydroxylation is 3. The van der Waals surface area contributed by atoms with Crippen molar-refractivity contribution in [1.29, 1.82) is 0 Å². The first-order valence-electron chi connectivity index (χ1n) is 12.8. The molecule has 0 unspecified atom stereocenters. The van der Waals surface area contributed by atoms with Gasteiger partial charge in [-0.1, -0.05) is 6.07 Å². The Bertz CT molecular complexity index is 1760. The lowest BCUT2D eigenvalue weighted by atomic mass is 9.82. The minimum absolute atomic E-state index is 0.0148. The Morgan fingerprint density at radius 2 is 1.89 bits per heavy atom. The molecule has 2 aromatic heterocycles. The van der Waals surface area contributed by atoms with Gasteiger partial charge in [-0.15, -0.1) is 0 Å². The number of amides is 1. The van der Waals surface area contributed by atoms with Crippen LogP contribution in [0.4, 0.5) is 11.4 Å². The van der Waals surface area contributed by atoms with E-state index in [1.165, 1.54) is 27.4 Å². The van der Waals surface area contributed by atoms with E-state index in [2.05, 4.69) is 53.4 Å². The van der Waals surface area contributed by atoms with Gasteiger partial charge in [-0.2, -0.15) is 5.10 Å². The molecule has 2 aliphatic rings. The van der Waals surface area contributed by atoms with Crippen LogP contribution in [0, 0.1) is 0 Å². The van der Waals surface area contributed by atoms with Gasteiger partial charge in [-0.3, -0.25) is 9.48 Å². The number of aromatic nitrogens is 3. The Balaban J connectivity index is 1.54. The fraction of sp³-hybridized carbons (Fsp3) is 0.267. The monoisotopic (exact) mass is 491 g/mol. The quantitative estimate of drug-likeness (QED) is 0.330. The zero-order valence-corrected chi connectivity index (χ0v) is 21.5. The summed E-state index contributed by atoms with van der Waals surface area (Å²) in [6.45, 7) is 5.02. The van der Waals surface area contributed by atoms with Crippen LogP contribution in [0.5, 0.6) is 5.75 Å². The minimum atomic E-state index is 0.0148. The van der Waals surface area contributed by atoms with Crippen molar-refractivity contribution in [1.82, 2.24) is 19.7 Å². The van der Waals surface area contributed by atoms with Crippen LogP contribution < -0.4 is 15.4 Å². The van der Waals surface area contributed by atoms with E-state index >= 15 is 0 Å². The first kappa shape index (κ1) is 22.0. The molecule has 5 aromatic rings. The van der Waals surface area contributed by atoms with Crippen molar-refractivity contribution in [3.05, 3.63) is 71.0 Å². The van der Waals surface area contributed by atoms with Crippen molar-refractivity contribution in [2.75, 3.05) is 12.4 Å². The van der Waals surface area contributed by atoms with E-state index in [0.29, 0.717) is 6.54 Å². The number of fused-ring (bicyclic) bond motifs is 10. The van der Waals surface area contributed by atoms with E-state index in [1.54, 1.807) is 7.11 Å². The molecule has 0 radical (unpaired) electrons. The number of ether oxygens (including phenoxy) is 1. The van der Waals surface area contributed by atoms with Crippen LogP contribution >= 0.6 is 0 Å². The molecule has 0 atom stereocenters. The standard InChI is InChI=1S/C30H29N5O2/c1-16(2)35-25-11-8-18(32-17-6-5-7-19(12-17)37-4)13-21(25)27-22-14-31-30(36)28(22)26-20(29(27)35)9-10-24-23(26)15-34(3)33-24/h5-8,11-13,15-16,32H,9-10,14H2,1-4H3,(H,31,36). The number of nitrogens with zero attached hydrogens (tertiary/aromatic N) is 3. The Kier molecular flexibility index (Phi) is 4.67. The highest BCUT2D eigenvalue weighted by atomic mass is 16.5. The van der Waals surface area contributed by atoms with Gasteiger partial charge in [0.15, 0.2) is 0 Å². The van der Waals surface area contributed by atoms with E-state index in [9.17, 15) is 4.79 Å². The van der Waals surface area contributed by atoms with E-state index < -0.39 is 0 Å². The van der Waals surface area contributed by atoms with Gasteiger partial charge in [0.05, 0.1) is 23.9 Å². The average molecular weight is 492 g/mol. The third kappa shape index (κ3) is 3.13.